The molecule has 1 N–H and O–H groups in total. The number of rotatable bonds is 2. The van der Waals surface area contributed by atoms with Crippen molar-refractivity contribution in [2.75, 3.05) is 11.9 Å². The largest absolute Gasteiger partial charge is 0.371 e. The first-order valence-electron chi connectivity index (χ1n) is 6.16. The second-order valence-electron chi connectivity index (χ2n) is 4.43. The summed E-state index contributed by atoms with van der Waals surface area (Å²) in [5.74, 6) is 0.749. The lowest BCUT2D eigenvalue weighted by molar-refractivity contribution is 0.101. The van der Waals surface area contributed by atoms with Gasteiger partial charge in [0.15, 0.2) is 5.78 Å². The van der Waals surface area contributed by atoms with Crippen LogP contribution in [0, 0.1) is 0 Å². The van der Waals surface area contributed by atoms with Crippen molar-refractivity contribution in [3.05, 3.63) is 27.5 Å². The van der Waals surface area contributed by atoms with Crippen LogP contribution in [0.25, 0.3) is 0 Å². The average molecular weight is 234 g/mol. The second-order valence-corrected chi connectivity index (χ2v) is 4.43. The average Bonchev–Trinajstić information content (AvgIpc) is 2.53. The Morgan fingerprint density at radius 2 is 2.24 bits per heavy atom. The smallest absolute Gasteiger partial charge is 0.252 e. The van der Waals surface area contributed by atoms with E-state index in [-0.39, 0.29) is 11.3 Å². The minimum Gasteiger partial charge on any atom is -0.371 e. The number of hydrogen-bond acceptors (Lipinski definition) is 3. The maximum atomic E-state index is 12.0. The van der Waals surface area contributed by atoms with Gasteiger partial charge in [0.1, 0.15) is 5.82 Å². The Morgan fingerprint density at radius 1 is 1.47 bits per heavy atom. The summed E-state index contributed by atoms with van der Waals surface area (Å²) in [4.78, 5) is 23.7. The summed E-state index contributed by atoms with van der Waals surface area (Å²) in [7, 11) is 0. The standard InChI is InChI=1S/C13H18N2O2/c1-3-10-8-11(17)15-7-5-4-6-14-13(15)12(10)9(2)16/h8,14H,3-7H2,1-2H3. The van der Waals surface area contributed by atoms with Gasteiger partial charge < -0.3 is 5.32 Å². The SMILES string of the molecule is CCc1cc(=O)n2c(c1C(C)=O)NCCCC2. The Bertz CT molecular complexity index is 503. The first kappa shape index (κ1) is 11.9. The Balaban J connectivity index is 2.71. The molecule has 17 heavy (non-hydrogen) atoms. The van der Waals surface area contributed by atoms with Crippen molar-refractivity contribution in [3.63, 3.8) is 0 Å². The van der Waals surface area contributed by atoms with E-state index < -0.39 is 0 Å². The Morgan fingerprint density at radius 3 is 2.88 bits per heavy atom. The van der Waals surface area contributed by atoms with Gasteiger partial charge in [-0.1, -0.05) is 6.92 Å². The highest BCUT2D eigenvalue weighted by atomic mass is 16.1. The van der Waals surface area contributed by atoms with Crippen LogP contribution in [-0.2, 0) is 13.0 Å². The molecule has 2 rings (SSSR count). The molecule has 2 heterocycles. The molecule has 0 atom stereocenters. The molecule has 1 aromatic rings. The molecule has 0 radical (unpaired) electrons. The van der Waals surface area contributed by atoms with E-state index in [1.54, 1.807) is 17.6 Å². The molecule has 0 fully saturated rings. The van der Waals surface area contributed by atoms with Gasteiger partial charge in [-0.25, -0.2) is 0 Å². The van der Waals surface area contributed by atoms with E-state index in [4.69, 9.17) is 0 Å². The maximum Gasteiger partial charge on any atom is 0.252 e. The zero-order chi connectivity index (χ0) is 12.4. The number of ketones is 1. The van der Waals surface area contributed by atoms with Crippen LogP contribution in [-0.4, -0.2) is 16.9 Å². The highest BCUT2D eigenvalue weighted by Crippen LogP contribution is 2.22. The van der Waals surface area contributed by atoms with Crippen molar-refractivity contribution in [3.8, 4) is 0 Å². The van der Waals surface area contributed by atoms with E-state index in [9.17, 15) is 9.59 Å². The number of carbonyl (C=O) groups excluding carboxylic acids is 1. The van der Waals surface area contributed by atoms with E-state index in [2.05, 4.69) is 5.32 Å². The summed E-state index contributed by atoms with van der Waals surface area (Å²) in [5.41, 5.74) is 1.54. The van der Waals surface area contributed by atoms with Crippen LogP contribution in [0.3, 0.4) is 0 Å². The van der Waals surface area contributed by atoms with E-state index in [0.29, 0.717) is 18.5 Å². The summed E-state index contributed by atoms with van der Waals surface area (Å²) < 4.78 is 1.70. The minimum absolute atomic E-state index is 0.00347. The third-order valence-electron chi connectivity index (χ3n) is 3.23. The molecule has 1 aliphatic rings. The van der Waals surface area contributed by atoms with Crippen LogP contribution < -0.4 is 10.9 Å². The number of aryl methyl sites for hydroxylation is 1. The van der Waals surface area contributed by atoms with Gasteiger partial charge in [-0.3, -0.25) is 14.2 Å². The normalized spacial score (nSPS) is 14.7. The first-order chi connectivity index (χ1) is 8.15. The number of hydrogen-bond donors (Lipinski definition) is 1. The number of nitrogens with zero attached hydrogens (tertiary/aromatic N) is 1. The van der Waals surface area contributed by atoms with Gasteiger partial charge in [0.05, 0.1) is 5.56 Å². The Labute approximate surface area is 101 Å². The second kappa shape index (κ2) is 4.73. The van der Waals surface area contributed by atoms with Gasteiger partial charge in [0.2, 0.25) is 0 Å². The zero-order valence-electron chi connectivity index (χ0n) is 10.4. The summed E-state index contributed by atoms with van der Waals surface area (Å²) in [5, 5.41) is 3.23. The molecule has 0 spiro atoms. The number of carbonyl (C=O) groups is 1. The van der Waals surface area contributed by atoms with Gasteiger partial charge in [-0.15, -0.1) is 0 Å². The van der Waals surface area contributed by atoms with Crippen molar-refractivity contribution in [2.45, 2.75) is 39.7 Å². The van der Waals surface area contributed by atoms with Gasteiger partial charge in [-0.2, -0.15) is 0 Å². The number of nitrogens with one attached hydrogen (secondary N) is 1. The van der Waals surface area contributed by atoms with Crippen molar-refractivity contribution >= 4 is 11.6 Å². The van der Waals surface area contributed by atoms with Gasteiger partial charge in [0, 0.05) is 19.2 Å². The lowest BCUT2D eigenvalue weighted by atomic mass is 10.0. The van der Waals surface area contributed by atoms with Crippen LogP contribution in [0.5, 0.6) is 0 Å². The van der Waals surface area contributed by atoms with Crippen molar-refractivity contribution < 1.29 is 4.79 Å². The molecule has 0 bridgehead atoms. The fourth-order valence-electron chi connectivity index (χ4n) is 2.38. The maximum absolute atomic E-state index is 12.0. The zero-order valence-corrected chi connectivity index (χ0v) is 10.4. The molecule has 92 valence electrons. The molecule has 0 unspecified atom stereocenters. The molecular formula is C13H18N2O2. The molecule has 1 aromatic heterocycles. The third kappa shape index (κ3) is 2.12. The van der Waals surface area contributed by atoms with Crippen LogP contribution in [0.1, 0.15) is 42.6 Å². The van der Waals surface area contributed by atoms with Crippen molar-refractivity contribution in [1.82, 2.24) is 4.57 Å². The number of pyridine rings is 1. The summed E-state index contributed by atoms with van der Waals surface area (Å²) >= 11 is 0. The molecular weight excluding hydrogens is 216 g/mol. The van der Waals surface area contributed by atoms with Crippen molar-refractivity contribution in [1.29, 1.82) is 0 Å². The fourth-order valence-corrected chi connectivity index (χ4v) is 2.38. The quantitative estimate of drug-likeness (QED) is 0.794. The number of aromatic nitrogens is 1. The summed E-state index contributed by atoms with van der Waals surface area (Å²) in [6, 6.07) is 1.60. The van der Waals surface area contributed by atoms with E-state index in [0.717, 1.165) is 30.8 Å². The summed E-state index contributed by atoms with van der Waals surface area (Å²) in [6.07, 6.45) is 2.71. The fraction of sp³-hybridized carbons (Fsp3) is 0.538. The topological polar surface area (TPSA) is 51.1 Å². The van der Waals surface area contributed by atoms with Crippen LogP contribution >= 0.6 is 0 Å². The molecule has 0 aliphatic carbocycles. The molecule has 0 amide bonds. The van der Waals surface area contributed by atoms with Crippen LogP contribution in [0.15, 0.2) is 10.9 Å². The van der Waals surface area contributed by atoms with E-state index >= 15 is 0 Å². The lowest BCUT2D eigenvalue weighted by Crippen LogP contribution is -2.25. The Kier molecular flexibility index (Phi) is 3.31. The highest BCUT2D eigenvalue weighted by molar-refractivity contribution is 6.00. The highest BCUT2D eigenvalue weighted by Gasteiger charge is 2.19. The van der Waals surface area contributed by atoms with Gasteiger partial charge in [0.25, 0.3) is 5.56 Å². The predicted octanol–water partition coefficient (Wildman–Crippen LogP) is 1.82. The number of anilines is 1. The minimum atomic E-state index is -0.00347. The molecule has 0 aromatic carbocycles. The first-order valence-corrected chi connectivity index (χ1v) is 6.16. The van der Waals surface area contributed by atoms with E-state index in [1.807, 2.05) is 6.92 Å². The third-order valence-corrected chi connectivity index (χ3v) is 3.23. The van der Waals surface area contributed by atoms with Crippen LogP contribution in [0.2, 0.25) is 0 Å². The molecule has 4 heteroatoms. The van der Waals surface area contributed by atoms with Gasteiger partial charge >= 0.3 is 0 Å². The van der Waals surface area contributed by atoms with Crippen LogP contribution in [0.4, 0.5) is 5.82 Å². The number of Topliss-reactive ketones (excluding diaryl/α,β-unsaturated/α-hetero) is 1. The lowest BCUT2D eigenvalue weighted by Gasteiger charge is -2.16. The predicted molar refractivity (Wildman–Crippen MR) is 67.8 cm³/mol. The monoisotopic (exact) mass is 234 g/mol. The molecule has 0 saturated carbocycles. The number of fused-ring (bicyclic) bond motifs is 1. The van der Waals surface area contributed by atoms with E-state index in [1.165, 1.54) is 0 Å². The molecule has 0 saturated heterocycles. The Hall–Kier alpha value is -1.58. The molecule has 1 aliphatic heterocycles. The van der Waals surface area contributed by atoms with Crippen molar-refractivity contribution in [2.24, 2.45) is 0 Å². The van der Waals surface area contributed by atoms with Gasteiger partial charge in [-0.05, 0) is 31.7 Å². The molecule has 4 nitrogen and oxygen atoms in total. The summed E-state index contributed by atoms with van der Waals surface area (Å²) in [6.45, 7) is 5.06.